The van der Waals surface area contributed by atoms with E-state index in [1.165, 1.54) is 26.1 Å². The molecule has 5 nitrogen and oxygen atoms in total. The lowest BCUT2D eigenvalue weighted by molar-refractivity contribution is 0.0594. The van der Waals surface area contributed by atoms with Crippen LogP contribution in [0, 0.1) is 5.41 Å². The summed E-state index contributed by atoms with van der Waals surface area (Å²) in [7, 11) is 1.37. The van der Waals surface area contributed by atoms with Gasteiger partial charge in [0.25, 0.3) is 0 Å². The van der Waals surface area contributed by atoms with Crippen LogP contribution >= 0.6 is 0 Å². The molecule has 19 heavy (non-hydrogen) atoms. The van der Waals surface area contributed by atoms with Crippen LogP contribution in [0.3, 0.4) is 0 Å². The first-order chi connectivity index (χ1) is 8.93. The van der Waals surface area contributed by atoms with Gasteiger partial charge in [-0.15, -0.1) is 0 Å². The molecule has 0 aliphatic carbocycles. The second kappa shape index (κ2) is 5.33. The van der Waals surface area contributed by atoms with Crippen molar-refractivity contribution in [3.05, 3.63) is 17.5 Å². The molecule has 0 aromatic carbocycles. The van der Waals surface area contributed by atoms with Crippen LogP contribution in [0.5, 0.6) is 0 Å². The normalized spacial score (nSPS) is 20.7. The van der Waals surface area contributed by atoms with Gasteiger partial charge in [-0.1, -0.05) is 25.9 Å². The van der Waals surface area contributed by atoms with E-state index in [0.717, 1.165) is 6.54 Å². The van der Waals surface area contributed by atoms with Gasteiger partial charge in [-0.25, -0.2) is 4.79 Å². The van der Waals surface area contributed by atoms with Crippen molar-refractivity contribution in [2.75, 3.05) is 13.7 Å². The number of hydrogen-bond acceptors (Lipinski definition) is 5. The van der Waals surface area contributed by atoms with E-state index in [-0.39, 0.29) is 11.4 Å². The van der Waals surface area contributed by atoms with E-state index in [1.54, 1.807) is 0 Å². The largest absolute Gasteiger partial charge is 0.465 e. The first-order valence-electron chi connectivity index (χ1n) is 6.69. The van der Waals surface area contributed by atoms with Crippen molar-refractivity contribution < 1.29 is 14.1 Å². The highest BCUT2D eigenvalue weighted by Gasteiger charge is 2.35. The standard InChI is InChI=1S/C14H22N2O3/c1-14(2,3)12-6-5-7-16(12)9-11-10(8-15-19-11)13(17)18-4/h8,12H,5-7,9H2,1-4H3/t12-/m0/s1. The molecule has 2 rings (SSSR count). The molecule has 0 N–H and O–H groups in total. The van der Waals surface area contributed by atoms with Crippen LogP contribution in [0.4, 0.5) is 0 Å². The summed E-state index contributed by atoms with van der Waals surface area (Å²) in [6.07, 6.45) is 3.80. The molecular weight excluding hydrogens is 244 g/mol. The van der Waals surface area contributed by atoms with E-state index in [9.17, 15) is 4.79 Å². The average molecular weight is 266 g/mol. The summed E-state index contributed by atoms with van der Waals surface area (Å²) in [6, 6.07) is 0.503. The van der Waals surface area contributed by atoms with Gasteiger partial charge in [-0.2, -0.15) is 0 Å². The quantitative estimate of drug-likeness (QED) is 0.787. The van der Waals surface area contributed by atoms with Gasteiger partial charge in [0.2, 0.25) is 0 Å². The number of esters is 1. The highest BCUT2D eigenvalue weighted by molar-refractivity contribution is 5.89. The number of ether oxygens (including phenoxy) is 1. The van der Waals surface area contributed by atoms with Crippen LogP contribution in [0.2, 0.25) is 0 Å². The molecule has 0 spiro atoms. The number of hydrogen-bond donors (Lipinski definition) is 0. The fourth-order valence-corrected chi connectivity index (χ4v) is 2.83. The van der Waals surface area contributed by atoms with Gasteiger partial charge in [0.15, 0.2) is 5.76 Å². The Labute approximate surface area is 113 Å². The van der Waals surface area contributed by atoms with Gasteiger partial charge in [0, 0.05) is 6.04 Å². The third kappa shape index (κ3) is 2.97. The second-order valence-electron chi connectivity index (χ2n) is 6.15. The van der Waals surface area contributed by atoms with Crippen molar-refractivity contribution in [1.82, 2.24) is 10.1 Å². The summed E-state index contributed by atoms with van der Waals surface area (Å²) in [5, 5.41) is 3.72. The fraction of sp³-hybridized carbons (Fsp3) is 0.714. The van der Waals surface area contributed by atoms with Crippen LogP contribution in [0.15, 0.2) is 10.7 Å². The van der Waals surface area contributed by atoms with Crippen LogP contribution in [0.25, 0.3) is 0 Å². The molecular formula is C14H22N2O3. The molecule has 0 amide bonds. The number of carbonyl (C=O) groups is 1. The number of likely N-dealkylation sites (tertiary alicyclic amines) is 1. The van der Waals surface area contributed by atoms with Gasteiger partial charge in [0.1, 0.15) is 5.56 Å². The lowest BCUT2D eigenvalue weighted by atomic mass is 9.85. The number of aromatic nitrogens is 1. The van der Waals surface area contributed by atoms with E-state index in [4.69, 9.17) is 9.26 Å². The minimum atomic E-state index is -0.386. The monoisotopic (exact) mass is 266 g/mol. The van der Waals surface area contributed by atoms with Crippen molar-refractivity contribution in [3.63, 3.8) is 0 Å². The molecule has 0 radical (unpaired) electrons. The Morgan fingerprint density at radius 2 is 2.32 bits per heavy atom. The Balaban J connectivity index is 2.13. The first-order valence-corrected chi connectivity index (χ1v) is 6.69. The Morgan fingerprint density at radius 3 is 2.95 bits per heavy atom. The van der Waals surface area contributed by atoms with E-state index in [1.807, 2.05) is 0 Å². The average Bonchev–Trinajstić information content (AvgIpc) is 2.96. The minimum absolute atomic E-state index is 0.224. The highest BCUT2D eigenvalue weighted by atomic mass is 16.5. The molecule has 2 heterocycles. The fourth-order valence-electron chi connectivity index (χ4n) is 2.83. The maximum Gasteiger partial charge on any atom is 0.343 e. The summed E-state index contributed by atoms with van der Waals surface area (Å²) in [6.45, 7) is 8.39. The highest BCUT2D eigenvalue weighted by Crippen LogP contribution is 2.33. The zero-order valence-electron chi connectivity index (χ0n) is 12.1. The van der Waals surface area contributed by atoms with Crippen LogP contribution < -0.4 is 0 Å². The van der Waals surface area contributed by atoms with Gasteiger partial charge in [-0.3, -0.25) is 4.90 Å². The molecule has 106 valence electrons. The van der Waals surface area contributed by atoms with E-state index in [2.05, 4.69) is 30.8 Å². The Bertz CT molecular complexity index is 448. The lowest BCUT2D eigenvalue weighted by Crippen LogP contribution is -2.39. The Hall–Kier alpha value is -1.36. The van der Waals surface area contributed by atoms with Gasteiger partial charge >= 0.3 is 5.97 Å². The van der Waals surface area contributed by atoms with E-state index >= 15 is 0 Å². The summed E-state index contributed by atoms with van der Waals surface area (Å²) in [5.74, 6) is 0.214. The Morgan fingerprint density at radius 1 is 1.58 bits per heavy atom. The number of nitrogens with zero attached hydrogens (tertiary/aromatic N) is 2. The number of methoxy groups -OCH3 is 1. The second-order valence-corrected chi connectivity index (χ2v) is 6.15. The predicted octanol–water partition coefficient (Wildman–Crippen LogP) is 2.47. The van der Waals surface area contributed by atoms with E-state index in [0.29, 0.717) is 23.9 Å². The van der Waals surface area contributed by atoms with Gasteiger partial charge in [-0.05, 0) is 24.8 Å². The number of carbonyl (C=O) groups excluding carboxylic acids is 1. The third-order valence-electron chi connectivity index (χ3n) is 3.76. The molecule has 0 bridgehead atoms. The molecule has 1 aliphatic rings. The first kappa shape index (κ1) is 14.1. The van der Waals surface area contributed by atoms with Gasteiger partial charge < -0.3 is 9.26 Å². The van der Waals surface area contributed by atoms with Crippen LogP contribution in [0.1, 0.15) is 49.7 Å². The smallest absolute Gasteiger partial charge is 0.343 e. The van der Waals surface area contributed by atoms with Crippen molar-refractivity contribution in [3.8, 4) is 0 Å². The summed E-state index contributed by atoms with van der Waals surface area (Å²) in [5.41, 5.74) is 0.657. The van der Waals surface area contributed by atoms with Crippen molar-refractivity contribution >= 4 is 5.97 Å². The van der Waals surface area contributed by atoms with Crippen molar-refractivity contribution in [1.29, 1.82) is 0 Å². The molecule has 5 heteroatoms. The molecule has 1 aromatic heterocycles. The zero-order valence-corrected chi connectivity index (χ0v) is 12.1. The third-order valence-corrected chi connectivity index (χ3v) is 3.76. The molecule has 1 aliphatic heterocycles. The molecule has 1 fully saturated rings. The maximum atomic E-state index is 11.6. The molecule has 0 saturated carbocycles. The molecule has 1 saturated heterocycles. The maximum absolute atomic E-state index is 11.6. The summed E-state index contributed by atoms with van der Waals surface area (Å²) >= 11 is 0. The summed E-state index contributed by atoms with van der Waals surface area (Å²) < 4.78 is 9.95. The molecule has 1 atom stereocenters. The van der Waals surface area contributed by atoms with E-state index < -0.39 is 0 Å². The topological polar surface area (TPSA) is 55.6 Å². The van der Waals surface area contributed by atoms with Gasteiger partial charge in [0.05, 0.1) is 19.9 Å². The lowest BCUT2D eigenvalue weighted by Gasteiger charge is -2.34. The summed E-state index contributed by atoms with van der Waals surface area (Å²) in [4.78, 5) is 14.0. The van der Waals surface area contributed by atoms with Crippen LogP contribution in [-0.4, -0.2) is 35.7 Å². The number of rotatable bonds is 3. The Kier molecular flexibility index (Phi) is 3.94. The predicted molar refractivity (Wildman–Crippen MR) is 70.7 cm³/mol. The molecule has 1 aromatic rings. The minimum Gasteiger partial charge on any atom is -0.465 e. The molecule has 0 unspecified atom stereocenters. The zero-order chi connectivity index (χ0) is 14.0. The van der Waals surface area contributed by atoms with Crippen molar-refractivity contribution in [2.45, 2.75) is 46.2 Å². The SMILES string of the molecule is COC(=O)c1cnoc1CN1CCC[C@H]1C(C)(C)C. The van der Waals surface area contributed by atoms with Crippen LogP contribution in [-0.2, 0) is 11.3 Å². The van der Waals surface area contributed by atoms with Crippen molar-refractivity contribution in [2.24, 2.45) is 5.41 Å².